The second-order valence-corrected chi connectivity index (χ2v) is 8.15. The van der Waals surface area contributed by atoms with Crippen molar-refractivity contribution in [2.24, 2.45) is 0 Å². The Labute approximate surface area is 143 Å². The van der Waals surface area contributed by atoms with Crippen LogP contribution >= 0.6 is 11.8 Å². The maximum Gasteiger partial charge on any atom is 0.228 e. The summed E-state index contributed by atoms with van der Waals surface area (Å²) in [6.07, 6.45) is 1.67. The van der Waals surface area contributed by atoms with Crippen molar-refractivity contribution in [3.05, 3.63) is 65.7 Å². The van der Waals surface area contributed by atoms with Crippen LogP contribution in [-0.4, -0.2) is 27.9 Å². The third-order valence-corrected chi connectivity index (χ3v) is 5.92. The summed E-state index contributed by atoms with van der Waals surface area (Å²) in [7, 11) is -0.979. The van der Waals surface area contributed by atoms with Crippen molar-refractivity contribution in [1.82, 2.24) is 5.32 Å². The molecule has 0 bridgehead atoms. The van der Waals surface area contributed by atoms with Gasteiger partial charge in [-0.15, -0.1) is 11.8 Å². The van der Waals surface area contributed by atoms with Crippen LogP contribution in [0.4, 0.5) is 0 Å². The number of fused-ring (bicyclic) bond motifs is 1. The fourth-order valence-corrected chi connectivity index (χ4v) is 4.77. The lowest BCUT2D eigenvalue weighted by Gasteiger charge is -2.20. The van der Waals surface area contributed by atoms with Gasteiger partial charge in [-0.2, -0.15) is 0 Å². The summed E-state index contributed by atoms with van der Waals surface area (Å²) in [5.41, 5.74) is 2.09. The Hall–Kier alpha value is -1.59. The number of thioether (sulfide) groups is 1. The summed E-state index contributed by atoms with van der Waals surface area (Å²) in [4.78, 5) is 13.9. The van der Waals surface area contributed by atoms with Gasteiger partial charge in [0.2, 0.25) is 5.91 Å². The molecule has 1 heterocycles. The summed E-state index contributed by atoms with van der Waals surface area (Å²) in [5, 5.41) is 3.10. The molecule has 0 aromatic heterocycles. The number of carbonyl (C=O) groups is 1. The quantitative estimate of drug-likeness (QED) is 0.906. The lowest BCUT2D eigenvalue weighted by atomic mass is 9.99. The van der Waals surface area contributed by atoms with Crippen LogP contribution in [0.15, 0.2) is 59.5 Å². The Balaban J connectivity index is 1.78. The molecular formula is C18H19NO2S2. The average Bonchev–Trinajstić information content (AvgIpc) is 2.99. The first-order valence-electron chi connectivity index (χ1n) is 7.52. The summed E-state index contributed by atoms with van der Waals surface area (Å²) >= 11 is 1.72. The van der Waals surface area contributed by atoms with Gasteiger partial charge < -0.3 is 5.32 Å². The number of rotatable bonds is 5. The topological polar surface area (TPSA) is 46.2 Å². The molecule has 1 aliphatic rings. The van der Waals surface area contributed by atoms with Crippen LogP contribution in [-0.2, 0) is 15.6 Å². The zero-order valence-electron chi connectivity index (χ0n) is 12.9. The highest BCUT2D eigenvalue weighted by Gasteiger charge is 2.30. The van der Waals surface area contributed by atoms with Crippen LogP contribution in [0.1, 0.15) is 23.1 Å². The Morgan fingerprint density at radius 1 is 1.22 bits per heavy atom. The Morgan fingerprint density at radius 2 is 1.91 bits per heavy atom. The molecule has 0 radical (unpaired) electrons. The highest BCUT2D eigenvalue weighted by Crippen LogP contribution is 2.39. The zero-order chi connectivity index (χ0) is 16.2. The lowest BCUT2D eigenvalue weighted by molar-refractivity contribution is -0.122. The van der Waals surface area contributed by atoms with Crippen molar-refractivity contribution in [2.45, 2.75) is 16.9 Å². The van der Waals surface area contributed by atoms with E-state index in [0.717, 1.165) is 16.9 Å². The van der Waals surface area contributed by atoms with Crippen LogP contribution in [0.3, 0.4) is 0 Å². The summed E-state index contributed by atoms with van der Waals surface area (Å²) in [6.45, 7) is 0. The molecule has 23 heavy (non-hydrogen) atoms. The van der Waals surface area contributed by atoms with Crippen LogP contribution in [0, 0.1) is 0 Å². The van der Waals surface area contributed by atoms with E-state index in [-0.39, 0.29) is 17.9 Å². The van der Waals surface area contributed by atoms with E-state index < -0.39 is 10.8 Å². The van der Waals surface area contributed by atoms with Crippen molar-refractivity contribution < 1.29 is 9.00 Å². The van der Waals surface area contributed by atoms with E-state index >= 15 is 0 Å². The average molecular weight is 345 g/mol. The first-order chi connectivity index (χ1) is 11.1. The van der Waals surface area contributed by atoms with E-state index in [0.29, 0.717) is 5.75 Å². The maximum absolute atomic E-state index is 12.7. The first-order valence-corrected chi connectivity index (χ1v) is 10.2. The summed E-state index contributed by atoms with van der Waals surface area (Å²) in [6, 6.07) is 17.6. The molecule has 1 amide bonds. The van der Waals surface area contributed by atoms with Gasteiger partial charge in [0, 0.05) is 33.5 Å². The Bertz CT molecular complexity index is 718. The van der Waals surface area contributed by atoms with Crippen molar-refractivity contribution in [2.75, 3.05) is 17.8 Å². The molecule has 0 saturated carbocycles. The van der Waals surface area contributed by atoms with Crippen molar-refractivity contribution in [3.8, 4) is 0 Å². The summed E-state index contributed by atoms with van der Waals surface area (Å²) in [5.74, 6) is 1.08. The maximum atomic E-state index is 12.7. The molecule has 2 aromatic rings. The van der Waals surface area contributed by atoms with Crippen LogP contribution in [0.2, 0.25) is 0 Å². The number of carbonyl (C=O) groups excluding carboxylic acids is 1. The molecule has 2 aromatic carbocycles. The smallest absolute Gasteiger partial charge is 0.228 e. The molecule has 0 spiro atoms. The van der Waals surface area contributed by atoms with E-state index in [4.69, 9.17) is 0 Å². The molecule has 0 saturated heterocycles. The fourth-order valence-electron chi connectivity index (χ4n) is 2.79. The molecule has 120 valence electrons. The van der Waals surface area contributed by atoms with E-state index in [1.807, 2.05) is 48.5 Å². The number of hydrogen-bond acceptors (Lipinski definition) is 3. The van der Waals surface area contributed by atoms with Gasteiger partial charge in [-0.25, -0.2) is 0 Å². The predicted molar refractivity (Wildman–Crippen MR) is 96.2 cm³/mol. The predicted octanol–water partition coefficient (Wildman–Crippen LogP) is 3.11. The van der Waals surface area contributed by atoms with E-state index in [2.05, 4.69) is 11.4 Å². The number of hydrogen-bond donors (Lipinski definition) is 1. The second kappa shape index (κ2) is 7.32. The molecule has 0 fully saturated rings. The van der Waals surface area contributed by atoms with Crippen molar-refractivity contribution in [3.63, 3.8) is 0 Å². The third kappa shape index (κ3) is 3.85. The monoisotopic (exact) mass is 345 g/mol. The Morgan fingerprint density at radius 3 is 2.65 bits per heavy atom. The molecule has 3 atom stereocenters. The van der Waals surface area contributed by atoms with E-state index in [1.165, 1.54) is 4.90 Å². The van der Waals surface area contributed by atoms with Crippen LogP contribution < -0.4 is 5.32 Å². The number of nitrogens with one attached hydrogen (secondary N) is 1. The minimum absolute atomic E-state index is 0.0155. The number of amides is 1. The van der Waals surface area contributed by atoms with Gasteiger partial charge in [0.15, 0.2) is 0 Å². The minimum Gasteiger partial charge on any atom is -0.348 e. The molecule has 3 nitrogen and oxygen atoms in total. The van der Waals surface area contributed by atoms with Gasteiger partial charge in [-0.3, -0.25) is 9.00 Å². The molecule has 0 aliphatic carbocycles. The van der Waals surface area contributed by atoms with Gasteiger partial charge in [0.05, 0.1) is 12.0 Å². The van der Waals surface area contributed by atoms with Gasteiger partial charge >= 0.3 is 0 Å². The molecule has 0 unspecified atom stereocenters. The van der Waals surface area contributed by atoms with Crippen LogP contribution in [0.25, 0.3) is 0 Å². The summed E-state index contributed by atoms with van der Waals surface area (Å²) < 4.78 is 11.7. The van der Waals surface area contributed by atoms with Gasteiger partial charge in [-0.1, -0.05) is 48.5 Å². The largest absolute Gasteiger partial charge is 0.348 e. The Kier molecular flexibility index (Phi) is 5.18. The molecule has 3 rings (SSSR count). The highest BCUT2D eigenvalue weighted by atomic mass is 32.2. The van der Waals surface area contributed by atoms with Crippen molar-refractivity contribution in [1.29, 1.82) is 0 Å². The minimum atomic E-state index is -0.979. The molecule has 5 heteroatoms. The molecule has 1 aliphatic heterocycles. The van der Waals surface area contributed by atoms with Gasteiger partial charge in [0.25, 0.3) is 0 Å². The molecular weight excluding hydrogens is 326 g/mol. The zero-order valence-corrected chi connectivity index (χ0v) is 14.5. The van der Waals surface area contributed by atoms with Gasteiger partial charge in [-0.05, 0) is 17.2 Å². The molecule has 1 N–H and O–H groups in total. The SMILES string of the molecule is C[S@@](=O)C[C@@H](NC(=O)[C@@H]1CSc2ccccc21)c1ccccc1. The highest BCUT2D eigenvalue weighted by molar-refractivity contribution is 7.99. The second-order valence-electron chi connectivity index (χ2n) is 5.61. The first kappa shape index (κ1) is 16.3. The fraction of sp³-hybridized carbons (Fsp3) is 0.278. The lowest BCUT2D eigenvalue weighted by Crippen LogP contribution is -2.35. The number of benzene rings is 2. The van der Waals surface area contributed by atoms with Crippen LogP contribution in [0.5, 0.6) is 0 Å². The van der Waals surface area contributed by atoms with E-state index in [1.54, 1.807) is 18.0 Å². The third-order valence-electron chi connectivity index (χ3n) is 3.94. The van der Waals surface area contributed by atoms with Gasteiger partial charge in [0.1, 0.15) is 0 Å². The normalized spacial score (nSPS) is 18.9. The van der Waals surface area contributed by atoms with E-state index in [9.17, 15) is 9.00 Å². The standard InChI is InChI=1S/C18H19NO2S2/c1-23(21)12-16(13-7-3-2-4-8-13)19-18(20)15-11-22-17-10-6-5-9-14(15)17/h2-10,15-16H,11-12H2,1H3,(H,19,20)/t15-,16-,23-/m1/s1. The van der Waals surface area contributed by atoms with Crippen molar-refractivity contribution >= 4 is 28.5 Å².